The lowest BCUT2D eigenvalue weighted by atomic mass is 9.82. The molecule has 0 radical (unpaired) electrons. The van der Waals surface area contributed by atoms with Crippen LogP contribution in [-0.2, 0) is 9.59 Å². The van der Waals surface area contributed by atoms with Gasteiger partial charge in [-0.05, 0) is 55.4 Å². The van der Waals surface area contributed by atoms with Crippen LogP contribution in [0.3, 0.4) is 0 Å². The molecule has 4 atom stereocenters. The van der Waals surface area contributed by atoms with Crippen molar-refractivity contribution >= 4 is 17.6 Å². The molecule has 2 aliphatic rings. The molecule has 2 bridgehead atoms. The number of aliphatic carboxylic acids is 1. The molecule has 0 spiro atoms. The van der Waals surface area contributed by atoms with E-state index in [2.05, 4.69) is 5.32 Å². The topological polar surface area (TPSA) is 66.4 Å². The van der Waals surface area contributed by atoms with Crippen LogP contribution in [0.15, 0.2) is 30.4 Å². The highest BCUT2D eigenvalue weighted by Crippen LogP contribution is 2.48. The van der Waals surface area contributed by atoms with Crippen molar-refractivity contribution < 1.29 is 14.7 Å². The van der Waals surface area contributed by atoms with Gasteiger partial charge in [0.1, 0.15) is 0 Å². The van der Waals surface area contributed by atoms with Gasteiger partial charge in [0.05, 0.1) is 11.8 Å². The van der Waals surface area contributed by atoms with Gasteiger partial charge in [-0.2, -0.15) is 0 Å². The van der Waals surface area contributed by atoms with E-state index in [1.54, 1.807) is 0 Å². The first-order valence-corrected chi connectivity index (χ1v) is 7.26. The number of carboxylic acid groups (broad SMARTS) is 1. The Morgan fingerprint density at radius 1 is 1.05 bits per heavy atom. The number of carboxylic acids is 1. The van der Waals surface area contributed by atoms with Crippen molar-refractivity contribution in [2.75, 3.05) is 5.32 Å². The third-order valence-electron chi connectivity index (χ3n) is 4.54. The molecule has 2 aliphatic carbocycles. The predicted octanol–water partition coefficient (Wildman–Crippen LogP) is 2.76. The van der Waals surface area contributed by atoms with Crippen molar-refractivity contribution in [1.82, 2.24) is 0 Å². The lowest BCUT2D eigenvalue weighted by Crippen LogP contribution is -2.36. The van der Waals surface area contributed by atoms with Gasteiger partial charge in [0.15, 0.2) is 0 Å². The zero-order valence-corrected chi connectivity index (χ0v) is 12.2. The summed E-state index contributed by atoms with van der Waals surface area (Å²) in [4.78, 5) is 24.0. The van der Waals surface area contributed by atoms with Gasteiger partial charge in [0.25, 0.3) is 0 Å². The Hall–Kier alpha value is -2.10. The minimum atomic E-state index is -0.868. The third-order valence-corrected chi connectivity index (χ3v) is 4.54. The fraction of sp³-hybridized carbons (Fsp3) is 0.412. The lowest BCUT2D eigenvalue weighted by Gasteiger charge is -2.24. The van der Waals surface area contributed by atoms with Crippen LogP contribution in [0, 0.1) is 37.5 Å². The first-order chi connectivity index (χ1) is 9.95. The second kappa shape index (κ2) is 5.02. The Balaban J connectivity index is 1.82. The van der Waals surface area contributed by atoms with E-state index in [1.165, 1.54) is 0 Å². The van der Waals surface area contributed by atoms with Crippen LogP contribution in [0.5, 0.6) is 0 Å². The SMILES string of the molecule is Cc1cc(C)cc(NC(=O)[C@H]2C3C=CC(C3)[C@H]2C(=O)O)c1. The Morgan fingerprint density at radius 3 is 2.19 bits per heavy atom. The van der Waals surface area contributed by atoms with Crippen LogP contribution >= 0.6 is 0 Å². The maximum atomic E-state index is 12.5. The molecule has 4 heteroatoms. The summed E-state index contributed by atoms with van der Waals surface area (Å²) >= 11 is 0. The Morgan fingerprint density at radius 2 is 1.62 bits per heavy atom. The van der Waals surface area contributed by atoms with Crippen molar-refractivity contribution in [1.29, 1.82) is 0 Å². The van der Waals surface area contributed by atoms with E-state index in [1.807, 2.05) is 44.2 Å². The molecule has 4 nitrogen and oxygen atoms in total. The summed E-state index contributed by atoms with van der Waals surface area (Å²) in [7, 11) is 0. The summed E-state index contributed by atoms with van der Waals surface area (Å²) < 4.78 is 0. The molecule has 110 valence electrons. The van der Waals surface area contributed by atoms with Crippen LogP contribution in [0.4, 0.5) is 5.69 Å². The normalized spacial score (nSPS) is 29.6. The van der Waals surface area contributed by atoms with Gasteiger partial charge in [-0.3, -0.25) is 9.59 Å². The number of anilines is 1. The minimum absolute atomic E-state index is 0.00231. The number of nitrogens with one attached hydrogen (secondary N) is 1. The van der Waals surface area contributed by atoms with E-state index in [0.29, 0.717) is 0 Å². The fourth-order valence-corrected chi connectivity index (χ4v) is 3.79. The lowest BCUT2D eigenvalue weighted by molar-refractivity contribution is -0.146. The summed E-state index contributed by atoms with van der Waals surface area (Å²) in [6.07, 6.45) is 4.72. The van der Waals surface area contributed by atoms with Crippen molar-refractivity contribution in [2.45, 2.75) is 20.3 Å². The molecule has 0 heterocycles. The highest BCUT2D eigenvalue weighted by Gasteiger charge is 2.51. The highest BCUT2D eigenvalue weighted by molar-refractivity contribution is 5.96. The highest BCUT2D eigenvalue weighted by atomic mass is 16.4. The second-order valence-electron chi connectivity index (χ2n) is 6.20. The van der Waals surface area contributed by atoms with Gasteiger partial charge < -0.3 is 10.4 Å². The summed E-state index contributed by atoms with van der Waals surface area (Å²) in [5, 5.41) is 12.3. The first-order valence-electron chi connectivity index (χ1n) is 7.26. The predicted molar refractivity (Wildman–Crippen MR) is 79.9 cm³/mol. The van der Waals surface area contributed by atoms with Crippen LogP contribution in [0.25, 0.3) is 0 Å². The van der Waals surface area contributed by atoms with Gasteiger partial charge in [-0.25, -0.2) is 0 Å². The van der Waals surface area contributed by atoms with E-state index in [4.69, 9.17) is 0 Å². The molecule has 1 saturated carbocycles. The molecule has 21 heavy (non-hydrogen) atoms. The molecule has 0 aliphatic heterocycles. The Labute approximate surface area is 123 Å². The van der Waals surface area contributed by atoms with Crippen molar-refractivity contribution in [2.24, 2.45) is 23.7 Å². The number of allylic oxidation sites excluding steroid dienone is 2. The monoisotopic (exact) mass is 285 g/mol. The first kappa shape index (κ1) is 13.9. The number of carbonyl (C=O) groups excluding carboxylic acids is 1. The summed E-state index contributed by atoms with van der Waals surface area (Å²) in [6.45, 7) is 3.95. The largest absolute Gasteiger partial charge is 0.481 e. The molecule has 3 rings (SSSR count). The number of amides is 1. The minimum Gasteiger partial charge on any atom is -0.481 e. The van der Waals surface area contributed by atoms with E-state index >= 15 is 0 Å². The molecule has 2 N–H and O–H groups in total. The average molecular weight is 285 g/mol. The Bertz CT molecular complexity index is 615. The summed E-state index contributed by atoms with van der Waals surface area (Å²) in [5.41, 5.74) is 2.90. The van der Waals surface area contributed by atoms with Crippen molar-refractivity contribution in [3.05, 3.63) is 41.5 Å². The van der Waals surface area contributed by atoms with Gasteiger partial charge >= 0.3 is 5.97 Å². The summed E-state index contributed by atoms with van der Waals surface area (Å²) in [5.74, 6) is -2.04. The van der Waals surface area contributed by atoms with E-state index in [-0.39, 0.29) is 17.7 Å². The Kier molecular flexibility index (Phi) is 3.32. The van der Waals surface area contributed by atoms with Crippen LogP contribution in [-0.4, -0.2) is 17.0 Å². The van der Waals surface area contributed by atoms with E-state index in [9.17, 15) is 14.7 Å². The van der Waals surface area contributed by atoms with Gasteiger partial charge in [-0.1, -0.05) is 18.2 Å². The number of carbonyl (C=O) groups is 2. The van der Waals surface area contributed by atoms with Gasteiger partial charge in [-0.15, -0.1) is 0 Å². The smallest absolute Gasteiger partial charge is 0.307 e. The molecule has 0 saturated heterocycles. The third kappa shape index (κ3) is 2.46. The maximum absolute atomic E-state index is 12.5. The average Bonchev–Trinajstić information content (AvgIpc) is 2.96. The van der Waals surface area contributed by atoms with Crippen molar-refractivity contribution in [3.8, 4) is 0 Å². The molecule has 1 aromatic carbocycles. The zero-order valence-electron chi connectivity index (χ0n) is 12.2. The number of hydrogen-bond donors (Lipinski definition) is 2. The molecule has 1 fully saturated rings. The van der Waals surface area contributed by atoms with E-state index in [0.717, 1.165) is 23.2 Å². The zero-order chi connectivity index (χ0) is 15.1. The number of rotatable bonds is 3. The number of aryl methyl sites for hydroxylation is 2. The summed E-state index contributed by atoms with van der Waals surface area (Å²) in [6, 6.07) is 5.85. The standard InChI is InChI=1S/C17H19NO3/c1-9-5-10(2)7-13(6-9)18-16(19)14-11-3-4-12(8-11)15(14)17(20)21/h3-7,11-12,14-15H,8H2,1-2H3,(H,18,19)(H,20,21)/t11?,12?,14-,15+/m0/s1. The molecule has 2 unspecified atom stereocenters. The molecule has 1 amide bonds. The number of hydrogen-bond acceptors (Lipinski definition) is 2. The van der Waals surface area contributed by atoms with E-state index < -0.39 is 17.8 Å². The molecule has 1 aromatic rings. The fourth-order valence-electron chi connectivity index (χ4n) is 3.79. The van der Waals surface area contributed by atoms with Crippen molar-refractivity contribution in [3.63, 3.8) is 0 Å². The molecular weight excluding hydrogens is 266 g/mol. The van der Waals surface area contributed by atoms with Crippen LogP contribution < -0.4 is 5.32 Å². The number of benzene rings is 1. The maximum Gasteiger partial charge on any atom is 0.307 e. The quantitative estimate of drug-likeness (QED) is 0.839. The number of fused-ring (bicyclic) bond motifs is 2. The van der Waals surface area contributed by atoms with Crippen LogP contribution in [0.2, 0.25) is 0 Å². The van der Waals surface area contributed by atoms with Gasteiger partial charge in [0, 0.05) is 5.69 Å². The second-order valence-corrected chi connectivity index (χ2v) is 6.20. The van der Waals surface area contributed by atoms with Gasteiger partial charge in [0.2, 0.25) is 5.91 Å². The molecular formula is C17H19NO3. The van der Waals surface area contributed by atoms with Crippen LogP contribution in [0.1, 0.15) is 17.5 Å². The molecule has 0 aromatic heterocycles.